The van der Waals surface area contributed by atoms with Crippen LogP contribution in [-0.2, 0) is 0 Å². The lowest BCUT2D eigenvalue weighted by Gasteiger charge is -2.17. The van der Waals surface area contributed by atoms with E-state index in [1.807, 2.05) is 31.2 Å². The number of para-hydroxylation sites is 1. The third-order valence-corrected chi connectivity index (χ3v) is 5.53. The molecule has 1 aliphatic rings. The Kier molecular flexibility index (Phi) is 4.99. The zero-order valence-electron chi connectivity index (χ0n) is 16.0. The van der Waals surface area contributed by atoms with Crippen molar-refractivity contribution in [3.63, 3.8) is 0 Å². The number of likely N-dealkylation sites (tertiary alicyclic amines) is 1. The van der Waals surface area contributed by atoms with E-state index in [-0.39, 0.29) is 5.91 Å². The highest BCUT2D eigenvalue weighted by Crippen LogP contribution is 2.29. The second-order valence-electron chi connectivity index (χ2n) is 7.48. The molecule has 1 N–H and O–H groups in total. The van der Waals surface area contributed by atoms with Crippen LogP contribution in [-0.4, -0.2) is 37.0 Å². The molecule has 1 aliphatic heterocycles. The van der Waals surface area contributed by atoms with Crippen LogP contribution in [0.2, 0.25) is 0 Å². The summed E-state index contributed by atoms with van der Waals surface area (Å²) in [6.07, 6.45) is 1.18. The molecule has 1 saturated heterocycles. The average Bonchev–Trinajstić information content (AvgIpc) is 3.27. The topological polar surface area (TPSA) is 45.5 Å². The third-order valence-electron chi connectivity index (χ3n) is 5.53. The summed E-state index contributed by atoms with van der Waals surface area (Å²) in [6.45, 7) is 7.77. The molecule has 0 saturated carbocycles. The number of hydrogen-bond donors (Lipinski definition) is 1. The molecule has 4 heteroatoms. The molecule has 0 radical (unpaired) electrons. The molecule has 0 unspecified atom stereocenters. The fourth-order valence-electron chi connectivity index (χ4n) is 4.13. The summed E-state index contributed by atoms with van der Waals surface area (Å²) in [5.41, 5.74) is 4.12. The Hall–Kier alpha value is -2.59. The lowest BCUT2D eigenvalue weighted by Crippen LogP contribution is -2.33. The zero-order chi connectivity index (χ0) is 18.8. The van der Waals surface area contributed by atoms with Crippen molar-refractivity contribution in [1.29, 1.82) is 0 Å². The minimum Gasteiger partial charge on any atom is -0.461 e. The van der Waals surface area contributed by atoms with Gasteiger partial charge in [-0.3, -0.25) is 4.79 Å². The summed E-state index contributed by atoms with van der Waals surface area (Å²) >= 11 is 0. The summed E-state index contributed by atoms with van der Waals surface area (Å²) in [6, 6.07) is 16.3. The van der Waals surface area contributed by atoms with Gasteiger partial charge in [-0.05, 0) is 56.0 Å². The molecule has 140 valence electrons. The van der Waals surface area contributed by atoms with Crippen molar-refractivity contribution in [2.75, 3.05) is 26.2 Å². The van der Waals surface area contributed by atoms with Gasteiger partial charge in [-0.25, -0.2) is 0 Å². The molecule has 4 rings (SSSR count). The van der Waals surface area contributed by atoms with Gasteiger partial charge in [0.15, 0.2) is 0 Å². The van der Waals surface area contributed by atoms with E-state index >= 15 is 0 Å². The van der Waals surface area contributed by atoms with E-state index < -0.39 is 0 Å². The van der Waals surface area contributed by atoms with Crippen molar-refractivity contribution in [3.05, 3.63) is 71.0 Å². The van der Waals surface area contributed by atoms with Gasteiger partial charge in [0.2, 0.25) is 0 Å². The predicted octanol–water partition coefficient (Wildman–Crippen LogP) is 4.27. The van der Waals surface area contributed by atoms with Gasteiger partial charge in [0.25, 0.3) is 5.91 Å². The molecule has 2 heterocycles. The van der Waals surface area contributed by atoms with E-state index in [4.69, 9.17) is 4.42 Å². The first-order valence-corrected chi connectivity index (χ1v) is 9.67. The average molecular weight is 362 g/mol. The summed E-state index contributed by atoms with van der Waals surface area (Å²) < 4.78 is 5.70. The lowest BCUT2D eigenvalue weighted by atomic mass is 9.94. The summed E-state index contributed by atoms with van der Waals surface area (Å²) in [7, 11) is 0. The monoisotopic (exact) mass is 362 g/mol. The van der Waals surface area contributed by atoms with Crippen LogP contribution >= 0.6 is 0 Å². The highest BCUT2D eigenvalue weighted by atomic mass is 16.3. The standard InChI is InChI=1S/C23H26N2O2/c1-16-6-3-4-8-20(16)19-10-12-25(15-19)13-11-24-23(26)21-9-5-7-18-14-17(2)27-22(18)21/h3-9,14,19H,10-13,15H2,1-2H3,(H,24,26)/t19-/m1/s1. The fourth-order valence-corrected chi connectivity index (χ4v) is 4.13. The number of carbonyl (C=O) groups is 1. The van der Waals surface area contributed by atoms with Crippen molar-refractivity contribution >= 4 is 16.9 Å². The van der Waals surface area contributed by atoms with Gasteiger partial charge >= 0.3 is 0 Å². The number of fused-ring (bicyclic) bond motifs is 1. The Morgan fingerprint density at radius 2 is 2.04 bits per heavy atom. The number of amides is 1. The third kappa shape index (κ3) is 3.76. The smallest absolute Gasteiger partial charge is 0.255 e. The van der Waals surface area contributed by atoms with E-state index in [2.05, 4.69) is 41.4 Å². The first-order valence-electron chi connectivity index (χ1n) is 9.67. The van der Waals surface area contributed by atoms with Crippen molar-refractivity contribution in [1.82, 2.24) is 10.2 Å². The number of nitrogens with one attached hydrogen (secondary N) is 1. The van der Waals surface area contributed by atoms with E-state index in [9.17, 15) is 4.79 Å². The fraction of sp³-hybridized carbons (Fsp3) is 0.348. The van der Waals surface area contributed by atoms with Gasteiger partial charge in [-0.1, -0.05) is 36.4 Å². The number of benzene rings is 2. The van der Waals surface area contributed by atoms with Crippen LogP contribution in [0.15, 0.2) is 52.9 Å². The van der Waals surface area contributed by atoms with Crippen molar-refractivity contribution in [2.24, 2.45) is 0 Å². The number of hydrogen-bond acceptors (Lipinski definition) is 3. The van der Waals surface area contributed by atoms with Crippen LogP contribution in [0.5, 0.6) is 0 Å². The zero-order valence-corrected chi connectivity index (χ0v) is 16.0. The minimum absolute atomic E-state index is 0.0652. The largest absolute Gasteiger partial charge is 0.461 e. The molecule has 0 spiro atoms. The maximum atomic E-state index is 12.6. The first-order chi connectivity index (χ1) is 13.1. The Bertz CT molecular complexity index is 960. The number of carbonyl (C=O) groups excluding carboxylic acids is 1. The maximum Gasteiger partial charge on any atom is 0.255 e. The Balaban J connectivity index is 1.32. The van der Waals surface area contributed by atoms with E-state index in [0.717, 1.165) is 30.8 Å². The molecule has 4 nitrogen and oxygen atoms in total. The Morgan fingerprint density at radius 1 is 1.19 bits per heavy atom. The lowest BCUT2D eigenvalue weighted by molar-refractivity contribution is 0.0950. The first kappa shape index (κ1) is 17.8. The molecular weight excluding hydrogens is 336 g/mol. The SMILES string of the molecule is Cc1cc2cccc(C(=O)NCCN3CC[C@@H](c4ccccc4C)C3)c2o1. The summed E-state index contributed by atoms with van der Waals surface area (Å²) in [5.74, 6) is 1.36. The van der Waals surface area contributed by atoms with Crippen molar-refractivity contribution < 1.29 is 9.21 Å². The van der Waals surface area contributed by atoms with Gasteiger partial charge in [0.05, 0.1) is 5.56 Å². The Morgan fingerprint density at radius 3 is 2.89 bits per heavy atom. The van der Waals surface area contributed by atoms with Gasteiger partial charge in [-0.2, -0.15) is 0 Å². The highest BCUT2D eigenvalue weighted by molar-refractivity contribution is 6.04. The van der Waals surface area contributed by atoms with Crippen molar-refractivity contribution in [3.8, 4) is 0 Å². The molecule has 0 aliphatic carbocycles. The quantitative estimate of drug-likeness (QED) is 0.737. The van der Waals surface area contributed by atoms with E-state index in [1.54, 1.807) is 0 Å². The minimum atomic E-state index is -0.0652. The van der Waals surface area contributed by atoms with Crippen LogP contribution in [0.1, 0.15) is 39.6 Å². The summed E-state index contributed by atoms with van der Waals surface area (Å²) in [4.78, 5) is 15.0. The van der Waals surface area contributed by atoms with Gasteiger partial charge in [-0.15, -0.1) is 0 Å². The van der Waals surface area contributed by atoms with Crippen molar-refractivity contribution in [2.45, 2.75) is 26.2 Å². The van der Waals surface area contributed by atoms with Crippen LogP contribution in [0.3, 0.4) is 0 Å². The number of furan rings is 1. The second-order valence-corrected chi connectivity index (χ2v) is 7.48. The predicted molar refractivity (Wildman–Crippen MR) is 108 cm³/mol. The molecule has 0 bridgehead atoms. The van der Waals surface area contributed by atoms with E-state index in [1.165, 1.54) is 17.5 Å². The number of nitrogens with zero attached hydrogens (tertiary/aromatic N) is 1. The van der Waals surface area contributed by atoms with Crippen LogP contribution in [0.25, 0.3) is 11.0 Å². The molecule has 3 aromatic rings. The van der Waals surface area contributed by atoms with Crippen LogP contribution in [0, 0.1) is 13.8 Å². The normalized spacial score (nSPS) is 17.5. The van der Waals surface area contributed by atoms with Crippen LogP contribution < -0.4 is 5.32 Å². The molecule has 1 amide bonds. The molecule has 1 aromatic heterocycles. The second kappa shape index (κ2) is 7.57. The highest BCUT2D eigenvalue weighted by Gasteiger charge is 2.24. The molecule has 27 heavy (non-hydrogen) atoms. The maximum absolute atomic E-state index is 12.6. The summed E-state index contributed by atoms with van der Waals surface area (Å²) in [5, 5.41) is 4.03. The molecular formula is C23H26N2O2. The molecule has 1 fully saturated rings. The molecule has 2 aromatic carbocycles. The number of rotatable bonds is 5. The van der Waals surface area contributed by atoms with Crippen LogP contribution in [0.4, 0.5) is 0 Å². The number of aryl methyl sites for hydroxylation is 2. The van der Waals surface area contributed by atoms with Gasteiger partial charge in [0.1, 0.15) is 11.3 Å². The molecule has 1 atom stereocenters. The van der Waals surface area contributed by atoms with Gasteiger partial charge < -0.3 is 14.6 Å². The van der Waals surface area contributed by atoms with Gasteiger partial charge in [0, 0.05) is 25.0 Å². The Labute approximate surface area is 160 Å². The van der Waals surface area contributed by atoms with E-state index in [0.29, 0.717) is 23.6 Å².